The van der Waals surface area contributed by atoms with Gasteiger partial charge in [-0.3, -0.25) is 4.79 Å². The first kappa shape index (κ1) is 71.3. The fraction of sp³-hybridized carbons (Fsp3) is 0.883. The van der Waals surface area contributed by atoms with Crippen LogP contribution in [0.5, 0.6) is 0 Å². The molecule has 0 aromatic heterocycles. The molecule has 462 valence electrons. The summed E-state index contributed by atoms with van der Waals surface area (Å²) in [5, 5.41) is 119. The second-order valence-electron chi connectivity index (χ2n) is 22.2. The van der Waals surface area contributed by atoms with Gasteiger partial charge in [-0.15, -0.1) is 0 Å². The first-order valence-corrected chi connectivity index (χ1v) is 30.7. The number of aliphatic hydroxyl groups is 11. The Morgan fingerprint density at radius 2 is 0.835 bits per heavy atom. The summed E-state index contributed by atoms with van der Waals surface area (Å²) in [6.07, 6.45) is 20.8. The minimum atomic E-state index is -1.97. The lowest BCUT2D eigenvalue weighted by molar-refractivity contribution is -0.379. The van der Waals surface area contributed by atoms with Crippen LogP contribution in [0.2, 0.25) is 0 Å². The summed E-state index contributed by atoms with van der Waals surface area (Å²) in [5.74, 6) is -0.282. The van der Waals surface area contributed by atoms with Crippen molar-refractivity contribution >= 4 is 5.91 Å². The summed E-state index contributed by atoms with van der Waals surface area (Å²) in [4.78, 5) is 13.2. The second kappa shape index (κ2) is 43.6. The predicted molar refractivity (Wildman–Crippen MR) is 300 cm³/mol. The van der Waals surface area contributed by atoms with E-state index in [0.29, 0.717) is 6.42 Å². The highest BCUT2D eigenvalue weighted by molar-refractivity contribution is 5.76. The molecule has 3 rings (SSSR count). The van der Waals surface area contributed by atoms with Crippen LogP contribution in [0, 0.1) is 0 Å². The molecule has 19 heteroatoms. The Morgan fingerprint density at radius 1 is 0.456 bits per heavy atom. The quantitative estimate of drug-likeness (QED) is 0.0257. The van der Waals surface area contributed by atoms with Crippen LogP contribution in [0.25, 0.3) is 0 Å². The minimum Gasteiger partial charge on any atom is -0.394 e. The van der Waals surface area contributed by atoms with Crippen molar-refractivity contribution in [1.29, 1.82) is 0 Å². The lowest BCUT2D eigenvalue weighted by Gasteiger charge is -2.48. The molecule has 3 aliphatic rings. The number of ether oxygens (including phenoxy) is 6. The van der Waals surface area contributed by atoms with Crippen LogP contribution in [0.15, 0.2) is 36.5 Å². The van der Waals surface area contributed by atoms with Gasteiger partial charge in [-0.05, 0) is 51.4 Å². The third-order valence-electron chi connectivity index (χ3n) is 15.4. The number of hydrogen-bond donors (Lipinski definition) is 12. The molecule has 0 aliphatic carbocycles. The summed E-state index contributed by atoms with van der Waals surface area (Å²) in [6.45, 7) is 1.58. The minimum absolute atomic E-state index is 0.243. The third-order valence-corrected chi connectivity index (χ3v) is 15.4. The molecule has 79 heavy (non-hydrogen) atoms. The number of allylic oxidation sites excluding steroid dienone is 5. The van der Waals surface area contributed by atoms with E-state index in [1.807, 2.05) is 6.08 Å². The average molecular weight is 1130 g/mol. The van der Waals surface area contributed by atoms with Gasteiger partial charge in [0.25, 0.3) is 0 Å². The first-order chi connectivity index (χ1) is 38.3. The molecule has 0 spiro atoms. The summed E-state index contributed by atoms with van der Waals surface area (Å²) in [7, 11) is 0. The van der Waals surface area contributed by atoms with E-state index in [-0.39, 0.29) is 18.9 Å². The zero-order chi connectivity index (χ0) is 57.6. The Bertz CT molecular complexity index is 1590. The molecule has 0 aromatic carbocycles. The standard InChI is InChI=1S/C60H109NO18/c1-3-5-7-9-10-11-12-13-14-15-16-17-18-19-20-21-22-23-24-25-26-27-28-29-30-31-32-34-36-38-48(66)61-43(44(65)37-35-33-8-6-4-2)42-74-58-54(72)51(69)56(46(40-63)76-58)79-60-55(73)52(70)57(47(41-64)77-60)78-59-53(71)50(68)49(67)45(39-62)75-59/h12-13,15-16,35,37,43-47,49-60,62-65,67-73H,3-11,14,17-34,36,38-42H2,1-2H3,(H,61,66)/b13-12-,16-15-,37-35+. The Morgan fingerprint density at radius 3 is 1.32 bits per heavy atom. The molecule has 3 fully saturated rings. The van der Waals surface area contributed by atoms with E-state index in [1.54, 1.807) is 6.08 Å². The number of carbonyl (C=O) groups is 1. The van der Waals surface area contributed by atoms with E-state index < -0.39 is 124 Å². The van der Waals surface area contributed by atoms with Gasteiger partial charge in [0.2, 0.25) is 5.91 Å². The molecule has 1 amide bonds. The Kier molecular flexibility index (Phi) is 39.4. The average Bonchev–Trinajstić information content (AvgIpc) is 3.58. The van der Waals surface area contributed by atoms with Crippen LogP contribution in [0.3, 0.4) is 0 Å². The van der Waals surface area contributed by atoms with Gasteiger partial charge in [-0.1, -0.05) is 185 Å². The highest BCUT2D eigenvalue weighted by Gasteiger charge is 2.53. The number of nitrogens with one attached hydrogen (secondary N) is 1. The number of unbranched alkanes of at least 4 members (excludes halogenated alkanes) is 25. The van der Waals surface area contributed by atoms with Crippen LogP contribution in [-0.2, 0) is 33.2 Å². The molecule has 3 aliphatic heterocycles. The maximum Gasteiger partial charge on any atom is 0.220 e. The Balaban J connectivity index is 1.32. The molecular weight excluding hydrogens is 1020 g/mol. The van der Waals surface area contributed by atoms with Crippen LogP contribution in [-0.4, -0.2) is 193 Å². The van der Waals surface area contributed by atoms with E-state index in [1.165, 1.54) is 128 Å². The van der Waals surface area contributed by atoms with Gasteiger partial charge < -0.3 is 89.9 Å². The molecular formula is C60H109NO18. The number of rotatable bonds is 45. The van der Waals surface area contributed by atoms with Gasteiger partial charge in [0, 0.05) is 6.42 Å². The van der Waals surface area contributed by atoms with Gasteiger partial charge >= 0.3 is 0 Å². The SMILES string of the molecule is CCCCC/C=C/C(O)C(COC1OC(CO)C(OC2OC(CO)C(OC3OC(CO)C(O)C(O)C3O)C(O)C2O)C(O)C1O)NC(=O)CCCCCCCCCCCCCCCCCCC/C=C\C/C=C\CCCCCCC. The molecule has 3 saturated heterocycles. The maximum absolute atomic E-state index is 13.2. The number of aliphatic hydroxyl groups excluding tert-OH is 11. The molecule has 0 bridgehead atoms. The first-order valence-electron chi connectivity index (χ1n) is 30.7. The van der Waals surface area contributed by atoms with Crippen LogP contribution in [0.1, 0.15) is 206 Å². The van der Waals surface area contributed by atoms with Crippen molar-refractivity contribution in [3.63, 3.8) is 0 Å². The van der Waals surface area contributed by atoms with Gasteiger partial charge in [0.1, 0.15) is 73.2 Å². The Labute approximate surface area is 472 Å². The molecule has 0 saturated carbocycles. The third kappa shape index (κ3) is 27.5. The van der Waals surface area contributed by atoms with Crippen LogP contribution >= 0.6 is 0 Å². The second-order valence-corrected chi connectivity index (χ2v) is 22.2. The van der Waals surface area contributed by atoms with Crippen molar-refractivity contribution in [2.24, 2.45) is 0 Å². The van der Waals surface area contributed by atoms with Gasteiger partial charge in [0.15, 0.2) is 18.9 Å². The number of amides is 1. The fourth-order valence-electron chi connectivity index (χ4n) is 10.3. The molecule has 17 atom stereocenters. The smallest absolute Gasteiger partial charge is 0.220 e. The number of hydrogen-bond acceptors (Lipinski definition) is 18. The fourth-order valence-corrected chi connectivity index (χ4v) is 10.3. The van der Waals surface area contributed by atoms with Crippen molar-refractivity contribution in [3.8, 4) is 0 Å². The summed E-state index contributed by atoms with van der Waals surface area (Å²) in [5.41, 5.74) is 0. The summed E-state index contributed by atoms with van der Waals surface area (Å²) < 4.78 is 34.1. The molecule has 0 radical (unpaired) electrons. The zero-order valence-corrected chi connectivity index (χ0v) is 48.1. The summed E-state index contributed by atoms with van der Waals surface area (Å²) in [6, 6.07) is -0.967. The van der Waals surface area contributed by atoms with Crippen molar-refractivity contribution < 1.29 is 89.4 Å². The van der Waals surface area contributed by atoms with Crippen molar-refractivity contribution in [2.75, 3.05) is 26.4 Å². The van der Waals surface area contributed by atoms with E-state index in [0.717, 1.165) is 51.4 Å². The molecule has 12 N–H and O–H groups in total. The summed E-state index contributed by atoms with van der Waals surface area (Å²) >= 11 is 0. The van der Waals surface area contributed by atoms with Gasteiger partial charge in [-0.25, -0.2) is 0 Å². The topological polar surface area (TPSA) is 307 Å². The molecule has 0 aromatic rings. The van der Waals surface area contributed by atoms with Crippen molar-refractivity contribution in [2.45, 2.75) is 311 Å². The highest BCUT2D eigenvalue weighted by atomic mass is 16.8. The molecule has 17 unspecified atom stereocenters. The number of carbonyl (C=O) groups excluding carboxylic acids is 1. The largest absolute Gasteiger partial charge is 0.394 e. The highest BCUT2D eigenvalue weighted by Crippen LogP contribution is 2.33. The van der Waals surface area contributed by atoms with E-state index in [4.69, 9.17) is 28.4 Å². The van der Waals surface area contributed by atoms with Crippen LogP contribution in [0.4, 0.5) is 0 Å². The lowest BCUT2D eigenvalue weighted by atomic mass is 9.96. The van der Waals surface area contributed by atoms with Crippen LogP contribution < -0.4 is 5.32 Å². The Hall–Kier alpha value is -1.99. The lowest BCUT2D eigenvalue weighted by Crippen LogP contribution is -2.66. The van der Waals surface area contributed by atoms with E-state index in [9.17, 15) is 61.0 Å². The van der Waals surface area contributed by atoms with Crippen molar-refractivity contribution in [1.82, 2.24) is 5.32 Å². The predicted octanol–water partition coefficient (Wildman–Crippen LogP) is 5.71. The van der Waals surface area contributed by atoms with Gasteiger partial charge in [-0.2, -0.15) is 0 Å². The van der Waals surface area contributed by atoms with Gasteiger partial charge in [0.05, 0.1) is 38.6 Å². The molecule has 3 heterocycles. The molecule has 19 nitrogen and oxygen atoms in total. The van der Waals surface area contributed by atoms with Crippen molar-refractivity contribution in [3.05, 3.63) is 36.5 Å². The van der Waals surface area contributed by atoms with E-state index in [2.05, 4.69) is 43.5 Å². The maximum atomic E-state index is 13.2. The monoisotopic (exact) mass is 1130 g/mol. The normalized spacial score (nSPS) is 30.5. The van der Waals surface area contributed by atoms with E-state index >= 15 is 0 Å². The zero-order valence-electron chi connectivity index (χ0n) is 48.1.